The Morgan fingerprint density at radius 1 is 0.828 bits per heavy atom. The maximum absolute atomic E-state index is 8.36. The Morgan fingerprint density at radius 3 is 2.14 bits per heavy atom. The smallest absolute Gasteiger partial charge is 0.216 e. The minimum atomic E-state index is 0.246. The van der Waals surface area contributed by atoms with Crippen molar-refractivity contribution in [2.75, 3.05) is 7.05 Å². The summed E-state index contributed by atoms with van der Waals surface area (Å²) >= 11 is 0. The van der Waals surface area contributed by atoms with E-state index in [0.29, 0.717) is 11.8 Å². The molecule has 152 valence electrons. The zero-order valence-electron chi connectivity index (χ0n) is 17.1. The van der Waals surface area contributed by atoms with E-state index in [0.717, 1.165) is 43.2 Å². The van der Waals surface area contributed by atoms with Gasteiger partial charge in [0.1, 0.15) is 0 Å². The summed E-state index contributed by atoms with van der Waals surface area (Å²) in [6.07, 6.45) is 4.48. The third-order valence-electron chi connectivity index (χ3n) is 4.45. The minimum Gasteiger partial charge on any atom is -0.425 e. The highest BCUT2D eigenvalue weighted by atomic mass is 16.4. The fourth-order valence-corrected chi connectivity index (χ4v) is 2.91. The minimum absolute atomic E-state index is 0.246. The normalized spacial score (nSPS) is 10.2. The second-order valence-corrected chi connectivity index (χ2v) is 6.47. The quantitative estimate of drug-likeness (QED) is 0.374. The molecular weight excluding hydrogens is 362 g/mol. The number of aryl methyl sites for hydroxylation is 3. The molecular formula is C23H29N5O. The van der Waals surface area contributed by atoms with Crippen molar-refractivity contribution in [3.05, 3.63) is 83.1 Å². The van der Waals surface area contributed by atoms with Crippen molar-refractivity contribution in [2.24, 2.45) is 5.73 Å². The molecule has 0 aliphatic carbocycles. The summed E-state index contributed by atoms with van der Waals surface area (Å²) in [5, 5.41) is 24.7. The first kappa shape index (κ1) is 22.2. The lowest BCUT2D eigenvalue weighted by molar-refractivity contribution is 0.446. The van der Waals surface area contributed by atoms with Crippen LogP contribution in [0.2, 0.25) is 0 Å². The summed E-state index contributed by atoms with van der Waals surface area (Å²) in [7, 11) is 1.50. The molecule has 0 saturated heterocycles. The van der Waals surface area contributed by atoms with E-state index in [1.54, 1.807) is 0 Å². The fourth-order valence-electron chi connectivity index (χ4n) is 2.91. The van der Waals surface area contributed by atoms with Crippen LogP contribution in [0.1, 0.15) is 48.2 Å². The Bertz CT molecular complexity index is 918. The summed E-state index contributed by atoms with van der Waals surface area (Å²) in [6, 6.07) is 17.4. The van der Waals surface area contributed by atoms with Gasteiger partial charge in [0, 0.05) is 24.0 Å². The van der Waals surface area contributed by atoms with Gasteiger partial charge in [0.2, 0.25) is 11.8 Å². The first-order valence-corrected chi connectivity index (χ1v) is 9.88. The van der Waals surface area contributed by atoms with Crippen molar-refractivity contribution in [2.45, 2.75) is 39.0 Å². The Hall–Kier alpha value is -3.12. The average Bonchev–Trinajstić information content (AvgIpc) is 3.26. The molecule has 0 spiro atoms. The van der Waals surface area contributed by atoms with Crippen LogP contribution in [0.25, 0.3) is 0 Å². The lowest BCUT2D eigenvalue weighted by atomic mass is 9.97. The van der Waals surface area contributed by atoms with Crippen molar-refractivity contribution in [3.63, 3.8) is 0 Å². The van der Waals surface area contributed by atoms with Crippen LogP contribution in [-0.2, 0) is 19.3 Å². The Kier molecular flexibility index (Phi) is 8.92. The number of aromatic nitrogens is 2. The number of hydrogen-bond donors (Lipinski definition) is 3. The second-order valence-electron chi connectivity index (χ2n) is 6.47. The van der Waals surface area contributed by atoms with Crippen LogP contribution >= 0.6 is 0 Å². The van der Waals surface area contributed by atoms with Crippen molar-refractivity contribution in [1.29, 1.82) is 10.8 Å². The van der Waals surface area contributed by atoms with Crippen LogP contribution in [0, 0.1) is 10.8 Å². The van der Waals surface area contributed by atoms with Gasteiger partial charge in [-0.15, -0.1) is 10.2 Å². The Labute approximate surface area is 172 Å². The van der Waals surface area contributed by atoms with Gasteiger partial charge in [-0.2, -0.15) is 0 Å². The molecule has 0 fully saturated rings. The molecule has 0 unspecified atom stereocenters. The van der Waals surface area contributed by atoms with E-state index in [4.69, 9.17) is 15.2 Å². The van der Waals surface area contributed by atoms with Crippen molar-refractivity contribution in [3.8, 4) is 0 Å². The van der Waals surface area contributed by atoms with Crippen molar-refractivity contribution < 1.29 is 4.42 Å². The van der Waals surface area contributed by atoms with Gasteiger partial charge < -0.3 is 10.2 Å². The van der Waals surface area contributed by atoms with E-state index in [-0.39, 0.29) is 11.4 Å². The van der Waals surface area contributed by atoms with Gasteiger partial charge >= 0.3 is 0 Å². The van der Waals surface area contributed by atoms with Crippen molar-refractivity contribution in [1.82, 2.24) is 10.2 Å². The third-order valence-corrected chi connectivity index (χ3v) is 4.45. The molecule has 2 aromatic carbocycles. The van der Waals surface area contributed by atoms with Crippen LogP contribution in [0.4, 0.5) is 0 Å². The van der Waals surface area contributed by atoms with Gasteiger partial charge in [-0.3, -0.25) is 10.8 Å². The average molecular weight is 392 g/mol. The molecule has 0 amide bonds. The van der Waals surface area contributed by atoms with Crippen LogP contribution in [0.3, 0.4) is 0 Å². The van der Waals surface area contributed by atoms with Crippen LogP contribution < -0.4 is 5.73 Å². The van der Waals surface area contributed by atoms with Crippen LogP contribution in [0.15, 0.2) is 59.0 Å². The van der Waals surface area contributed by atoms with Gasteiger partial charge in [-0.25, -0.2) is 0 Å². The summed E-state index contributed by atoms with van der Waals surface area (Å²) in [5.74, 6) is 1.40. The lowest BCUT2D eigenvalue weighted by Gasteiger charge is -2.08. The Balaban J connectivity index is 0.00000145. The van der Waals surface area contributed by atoms with E-state index < -0.39 is 0 Å². The topological polar surface area (TPSA) is 113 Å². The van der Waals surface area contributed by atoms with Gasteiger partial charge in [0.25, 0.3) is 0 Å². The largest absolute Gasteiger partial charge is 0.425 e. The number of nitrogens with two attached hydrogens (primary N) is 1. The van der Waals surface area contributed by atoms with Gasteiger partial charge in [-0.05, 0) is 37.9 Å². The van der Waals surface area contributed by atoms with E-state index in [1.807, 2.05) is 55.5 Å². The van der Waals surface area contributed by atoms with Crippen LogP contribution in [0.5, 0.6) is 0 Å². The third kappa shape index (κ3) is 6.47. The molecule has 1 aromatic heterocycles. The van der Waals surface area contributed by atoms with E-state index in [2.05, 4.69) is 22.0 Å². The molecule has 0 aliphatic heterocycles. The maximum atomic E-state index is 8.36. The molecule has 3 aromatic rings. The lowest BCUT2D eigenvalue weighted by Crippen LogP contribution is -2.14. The zero-order chi connectivity index (χ0) is 21.1. The molecule has 0 atom stereocenters. The molecule has 0 radical (unpaired) electrons. The molecule has 0 bridgehead atoms. The van der Waals surface area contributed by atoms with Gasteiger partial charge in [0.05, 0.1) is 11.4 Å². The number of nitrogens with zero attached hydrogens (tertiary/aromatic N) is 2. The summed E-state index contributed by atoms with van der Waals surface area (Å²) < 4.78 is 5.53. The SMILES string of the molecule is CCc1nnc(CCCCc2cccc(C(=N)C(=N)c3ccccc3)c2)o1.CN. The number of unbranched alkanes of at least 4 members (excludes halogenated alkanes) is 1. The molecule has 6 heteroatoms. The molecule has 1 heterocycles. The monoisotopic (exact) mass is 391 g/mol. The number of nitrogens with one attached hydrogen (secondary N) is 2. The van der Waals surface area contributed by atoms with E-state index in [1.165, 1.54) is 12.6 Å². The first-order valence-electron chi connectivity index (χ1n) is 9.88. The van der Waals surface area contributed by atoms with Gasteiger partial charge in [-0.1, -0.05) is 55.5 Å². The van der Waals surface area contributed by atoms with E-state index in [9.17, 15) is 0 Å². The summed E-state index contributed by atoms with van der Waals surface area (Å²) in [5.41, 5.74) is 7.72. The molecule has 3 rings (SSSR count). The van der Waals surface area contributed by atoms with Crippen LogP contribution in [-0.4, -0.2) is 28.7 Å². The highest BCUT2D eigenvalue weighted by molar-refractivity contribution is 6.51. The predicted octanol–water partition coefficient (Wildman–Crippen LogP) is 4.21. The van der Waals surface area contributed by atoms with Gasteiger partial charge in [0.15, 0.2) is 0 Å². The maximum Gasteiger partial charge on any atom is 0.216 e. The molecule has 0 aliphatic rings. The predicted molar refractivity (Wildman–Crippen MR) is 117 cm³/mol. The van der Waals surface area contributed by atoms with Crippen molar-refractivity contribution >= 4 is 11.4 Å². The molecule has 29 heavy (non-hydrogen) atoms. The molecule has 4 N–H and O–H groups in total. The number of benzene rings is 2. The first-order chi connectivity index (χ1) is 14.2. The molecule has 0 saturated carbocycles. The summed E-state index contributed by atoms with van der Waals surface area (Å²) in [4.78, 5) is 0. The summed E-state index contributed by atoms with van der Waals surface area (Å²) in [6.45, 7) is 2.00. The highest BCUT2D eigenvalue weighted by Gasteiger charge is 2.11. The van der Waals surface area contributed by atoms with E-state index >= 15 is 0 Å². The number of rotatable bonds is 9. The zero-order valence-corrected chi connectivity index (χ0v) is 17.1. The fraction of sp³-hybridized carbons (Fsp3) is 0.304. The standard InChI is InChI=1S/C22H24N4O.CH5N/c1-2-19-25-26-20(27-19)14-7-6-9-16-10-8-13-18(15-16)22(24)21(23)17-11-4-3-5-12-17;1-2/h3-5,8,10-13,15,23-24H,2,6-7,9,14H2,1H3;2H2,1H3. The molecule has 6 nitrogen and oxygen atoms in total. The Morgan fingerprint density at radius 2 is 1.45 bits per heavy atom. The highest BCUT2D eigenvalue weighted by Crippen LogP contribution is 2.13. The number of hydrogen-bond acceptors (Lipinski definition) is 6. The second kappa shape index (κ2) is 11.7.